The molecule has 2 aromatic rings. The van der Waals surface area contributed by atoms with Crippen LogP contribution >= 0.6 is 11.6 Å². The summed E-state index contributed by atoms with van der Waals surface area (Å²) in [7, 11) is 0. The van der Waals surface area contributed by atoms with E-state index in [1.54, 1.807) is 24.3 Å². The monoisotopic (exact) mass is 395 g/mol. The minimum atomic E-state index is -0.775. The van der Waals surface area contributed by atoms with E-state index in [2.05, 4.69) is 41.2 Å². The molecule has 3 fully saturated rings. The molecule has 6 heteroatoms. The van der Waals surface area contributed by atoms with Crippen molar-refractivity contribution < 1.29 is 9.59 Å². The summed E-state index contributed by atoms with van der Waals surface area (Å²) in [6.07, 6.45) is 1.88. The summed E-state index contributed by atoms with van der Waals surface area (Å²) >= 11 is 5.98. The first-order valence-corrected chi connectivity index (χ1v) is 10.1. The molecule has 3 aliphatic heterocycles. The third kappa shape index (κ3) is 2.54. The summed E-state index contributed by atoms with van der Waals surface area (Å²) in [6, 6.07) is 15.6. The number of carbonyl (C=O) groups excluding carboxylic acids is 2. The van der Waals surface area contributed by atoms with Gasteiger partial charge in [0, 0.05) is 18.1 Å². The van der Waals surface area contributed by atoms with Gasteiger partial charge in [0.2, 0.25) is 5.91 Å². The molecule has 3 heterocycles. The molecule has 5 rings (SSSR count). The van der Waals surface area contributed by atoms with Gasteiger partial charge < -0.3 is 0 Å². The number of anilines is 1. The third-order valence-corrected chi connectivity index (χ3v) is 6.55. The number of hydrogen-bond acceptors (Lipinski definition) is 4. The van der Waals surface area contributed by atoms with E-state index >= 15 is 0 Å². The van der Waals surface area contributed by atoms with E-state index in [0.717, 1.165) is 19.5 Å². The average Bonchev–Trinajstić information content (AvgIpc) is 3.33. The van der Waals surface area contributed by atoms with Crippen LogP contribution in [0.3, 0.4) is 0 Å². The van der Waals surface area contributed by atoms with Gasteiger partial charge in [0.05, 0.1) is 18.2 Å². The van der Waals surface area contributed by atoms with Gasteiger partial charge in [-0.15, -0.1) is 0 Å². The smallest absolute Gasteiger partial charge is 0.256 e. The molecular formula is C22H22ClN3O2. The van der Waals surface area contributed by atoms with Crippen molar-refractivity contribution in [3.8, 4) is 0 Å². The second kappa shape index (κ2) is 6.41. The van der Waals surface area contributed by atoms with Crippen LogP contribution in [0.2, 0.25) is 5.02 Å². The van der Waals surface area contributed by atoms with Crippen molar-refractivity contribution >= 4 is 29.1 Å². The lowest BCUT2D eigenvalue weighted by molar-refractivity contribution is -0.131. The van der Waals surface area contributed by atoms with Crippen LogP contribution in [-0.2, 0) is 9.59 Å². The van der Waals surface area contributed by atoms with Gasteiger partial charge in [-0.3, -0.25) is 9.59 Å². The Morgan fingerprint density at radius 2 is 1.71 bits per heavy atom. The molecule has 2 amide bonds. The first-order chi connectivity index (χ1) is 13.5. The van der Waals surface area contributed by atoms with Crippen LogP contribution in [0.4, 0.5) is 5.69 Å². The molecule has 28 heavy (non-hydrogen) atoms. The number of carbonyl (C=O) groups is 2. The Morgan fingerprint density at radius 3 is 2.43 bits per heavy atom. The number of imide groups is 1. The van der Waals surface area contributed by atoms with Crippen molar-refractivity contribution in [2.75, 3.05) is 18.0 Å². The normalized spacial score (nSPS) is 27.9. The molecule has 0 saturated carbocycles. The maximum atomic E-state index is 13.6. The van der Waals surface area contributed by atoms with Gasteiger partial charge in [-0.2, -0.15) is 0 Å². The molecule has 0 aromatic heterocycles. The van der Waals surface area contributed by atoms with Gasteiger partial charge in [0.15, 0.2) is 0 Å². The number of nitrogens with zero attached hydrogens (tertiary/aromatic N) is 3. The highest BCUT2D eigenvalue weighted by Gasteiger charge is 2.63. The standard InChI is InChI=1S/C22H22ClN3O2/c1-15-3-5-16(6-4-15)19-13-22(25-12-2-11-24(19)25)14-20(27)26(21(22)28)18-9-7-17(23)8-10-18/h3-10,19H,2,11-14H2,1H3/t19-,22-/m1/s1. The Labute approximate surface area is 169 Å². The lowest BCUT2D eigenvalue weighted by Gasteiger charge is -2.32. The minimum Gasteiger partial charge on any atom is -0.274 e. The number of hydrogen-bond donors (Lipinski definition) is 0. The van der Waals surface area contributed by atoms with Crippen LogP contribution < -0.4 is 4.90 Å². The lowest BCUT2D eigenvalue weighted by atomic mass is 9.87. The Balaban J connectivity index is 1.52. The SMILES string of the molecule is Cc1ccc([C@H]2C[C@]3(CC(=O)N(c4ccc(Cl)cc4)C3=O)N3CCCN23)cc1. The van der Waals surface area contributed by atoms with Crippen LogP contribution in [0.15, 0.2) is 48.5 Å². The zero-order chi connectivity index (χ0) is 19.5. The molecule has 2 atom stereocenters. The van der Waals surface area contributed by atoms with E-state index in [9.17, 15) is 9.59 Å². The van der Waals surface area contributed by atoms with Gasteiger partial charge >= 0.3 is 0 Å². The Bertz CT molecular complexity index is 943. The van der Waals surface area contributed by atoms with Crippen LogP contribution in [0.5, 0.6) is 0 Å². The number of fused-ring (bicyclic) bond motifs is 2. The Kier molecular flexibility index (Phi) is 4.09. The number of hydrazine groups is 1. The fourth-order valence-electron chi connectivity index (χ4n) is 4.96. The first-order valence-electron chi connectivity index (χ1n) is 9.73. The van der Waals surface area contributed by atoms with Gasteiger partial charge in [-0.1, -0.05) is 41.4 Å². The summed E-state index contributed by atoms with van der Waals surface area (Å²) in [5, 5.41) is 5.07. The average molecular weight is 396 g/mol. The van der Waals surface area contributed by atoms with Crippen LogP contribution in [-0.4, -0.2) is 40.5 Å². The quantitative estimate of drug-likeness (QED) is 0.727. The summed E-state index contributed by atoms with van der Waals surface area (Å²) < 4.78 is 0. The van der Waals surface area contributed by atoms with Crippen molar-refractivity contribution in [3.05, 3.63) is 64.7 Å². The topological polar surface area (TPSA) is 43.9 Å². The molecule has 0 aliphatic carbocycles. The van der Waals surface area contributed by atoms with Crippen molar-refractivity contribution in [1.82, 2.24) is 10.0 Å². The van der Waals surface area contributed by atoms with Crippen LogP contribution in [0.25, 0.3) is 0 Å². The lowest BCUT2D eigenvalue weighted by Crippen LogP contribution is -2.52. The molecule has 0 radical (unpaired) electrons. The number of benzene rings is 2. The van der Waals surface area contributed by atoms with Crippen molar-refractivity contribution in [2.24, 2.45) is 0 Å². The van der Waals surface area contributed by atoms with Crippen LogP contribution in [0, 0.1) is 6.92 Å². The molecule has 144 valence electrons. The fraction of sp³-hybridized carbons (Fsp3) is 0.364. The zero-order valence-electron chi connectivity index (χ0n) is 15.8. The molecule has 5 nitrogen and oxygen atoms in total. The summed E-state index contributed by atoms with van der Waals surface area (Å²) in [4.78, 5) is 27.9. The molecule has 1 spiro atoms. The van der Waals surface area contributed by atoms with E-state index in [1.807, 2.05) is 0 Å². The molecule has 3 aliphatic rings. The predicted molar refractivity (Wildman–Crippen MR) is 108 cm³/mol. The van der Waals surface area contributed by atoms with Crippen molar-refractivity contribution in [1.29, 1.82) is 0 Å². The number of aryl methyl sites for hydroxylation is 1. The van der Waals surface area contributed by atoms with E-state index in [4.69, 9.17) is 11.6 Å². The van der Waals surface area contributed by atoms with Gasteiger partial charge in [0.25, 0.3) is 5.91 Å². The maximum absolute atomic E-state index is 13.6. The first kappa shape index (κ1) is 17.9. The molecule has 0 N–H and O–H groups in total. The molecular weight excluding hydrogens is 374 g/mol. The van der Waals surface area contributed by atoms with Crippen molar-refractivity contribution in [2.45, 2.75) is 37.8 Å². The van der Waals surface area contributed by atoms with E-state index in [-0.39, 0.29) is 24.3 Å². The van der Waals surface area contributed by atoms with E-state index < -0.39 is 5.54 Å². The highest BCUT2D eigenvalue weighted by Crippen LogP contribution is 2.50. The summed E-state index contributed by atoms with van der Waals surface area (Å²) in [5.41, 5.74) is 2.25. The van der Waals surface area contributed by atoms with E-state index in [1.165, 1.54) is 16.0 Å². The highest BCUT2D eigenvalue weighted by atomic mass is 35.5. The van der Waals surface area contributed by atoms with Crippen LogP contribution in [0.1, 0.15) is 36.4 Å². The number of amides is 2. The molecule has 3 saturated heterocycles. The maximum Gasteiger partial charge on any atom is 0.256 e. The van der Waals surface area contributed by atoms with E-state index in [0.29, 0.717) is 17.1 Å². The molecule has 2 aromatic carbocycles. The van der Waals surface area contributed by atoms with Crippen molar-refractivity contribution in [3.63, 3.8) is 0 Å². The zero-order valence-corrected chi connectivity index (χ0v) is 16.5. The Morgan fingerprint density at radius 1 is 1.00 bits per heavy atom. The van der Waals surface area contributed by atoms with Gasteiger partial charge in [0.1, 0.15) is 5.54 Å². The fourth-order valence-corrected chi connectivity index (χ4v) is 5.09. The van der Waals surface area contributed by atoms with Gasteiger partial charge in [-0.05, 0) is 49.6 Å². The Hall–Kier alpha value is -2.21. The summed E-state index contributed by atoms with van der Waals surface area (Å²) in [6.45, 7) is 3.81. The second-order valence-corrected chi connectivity index (χ2v) is 8.43. The predicted octanol–water partition coefficient (Wildman–Crippen LogP) is 3.72. The number of rotatable bonds is 2. The highest BCUT2D eigenvalue weighted by molar-refractivity contribution is 6.31. The minimum absolute atomic E-state index is 0.110. The largest absolute Gasteiger partial charge is 0.274 e. The molecule has 0 unspecified atom stereocenters. The number of halogens is 1. The molecule has 0 bridgehead atoms. The van der Waals surface area contributed by atoms with Gasteiger partial charge in [-0.25, -0.2) is 14.9 Å². The second-order valence-electron chi connectivity index (χ2n) is 7.99. The third-order valence-electron chi connectivity index (χ3n) is 6.29. The summed E-state index contributed by atoms with van der Waals surface area (Å²) in [5.74, 6) is -0.245.